The molecule has 0 saturated heterocycles. The number of nitriles is 1. The average Bonchev–Trinajstić information content (AvgIpc) is 2.32. The third-order valence-corrected chi connectivity index (χ3v) is 3.46. The predicted octanol–water partition coefficient (Wildman–Crippen LogP) is 2.55. The summed E-state index contributed by atoms with van der Waals surface area (Å²) < 4.78 is 0. The van der Waals surface area contributed by atoms with E-state index in [4.69, 9.17) is 11.0 Å². The minimum absolute atomic E-state index is 0.204. The maximum Gasteiger partial charge on any atom is 0.101 e. The molecule has 3 heteroatoms. The molecule has 0 aliphatic heterocycles. The van der Waals surface area contributed by atoms with Crippen LogP contribution in [0.15, 0.2) is 18.2 Å². The standard InChI is InChI=1S/C14H19N3/c1-10-6-7-11(9-15)14(8-10)17-13-5-3-2-4-12(13)16/h6-8,12-13,17H,2-5,16H2,1H3/t12-,13-/m1/s1. The van der Waals surface area contributed by atoms with E-state index in [1.807, 2.05) is 25.1 Å². The highest BCUT2D eigenvalue weighted by Gasteiger charge is 2.22. The molecule has 0 radical (unpaired) electrons. The van der Waals surface area contributed by atoms with E-state index < -0.39 is 0 Å². The van der Waals surface area contributed by atoms with Crippen LogP contribution in [-0.4, -0.2) is 12.1 Å². The fourth-order valence-corrected chi connectivity index (χ4v) is 2.41. The molecule has 3 N–H and O–H groups in total. The molecule has 0 unspecified atom stereocenters. The number of nitrogens with one attached hydrogen (secondary N) is 1. The number of rotatable bonds is 2. The summed E-state index contributed by atoms with van der Waals surface area (Å²) in [6, 6.07) is 8.59. The minimum atomic E-state index is 0.204. The Morgan fingerprint density at radius 1 is 1.35 bits per heavy atom. The van der Waals surface area contributed by atoms with Crippen LogP contribution in [0.2, 0.25) is 0 Å². The normalized spacial score (nSPS) is 24.1. The van der Waals surface area contributed by atoms with Crippen molar-refractivity contribution in [1.82, 2.24) is 0 Å². The van der Waals surface area contributed by atoms with Crippen LogP contribution in [0.3, 0.4) is 0 Å². The van der Waals surface area contributed by atoms with Gasteiger partial charge in [-0.1, -0.05) is 18.9 Å². The van der Waals surface area contributed by atoms with E-state index in [2.05, 4.69) is 11.4 Å². The summed E-state index contributed by atoms with van der Waals surface area (Å²) in [6.07, 6.45) is 4.61. The summed E-state index contributed by atoms with van der Waals surface area (Å²) in [5.74, 6) is 0. The van der Waals surface area contributed by atoms with Crippen molar-refractivity contribution in [3.05, 3.63) is 29.3 Å². The summed E-state index contributed by atoms with van der Waals surface area (Å²) in [5, 5.41) is 12.5. The molecular weight excluding hydrogens is 210 g/mol. The van der Waals surface area contributed by atoms with Crippen molar-refractivity contribution in [3.63, 3.8) is 0 Å². The van der Waals surface area contributed by atoms with Gasteiger partial charge in [0.05, 0.1) is 11.3 Å². The van der Waals surface area contributed by atoms with Crippen molar-refractivity contribution < 1.29 is 0 Å². The highest BCUT2D eigenvalue weighted by molar-refractivity contribution is 5.59. The van der Waals surface area contributed by atoms with Gasteiger partial charge < -0.3 is 11.1 Å². The van der Waals surface area contributed by atoms with Crippen LogP contribution < -0.4 is 11.1 Å². The average molecular weight is 229 g/mol. The minimum Gasteiger partial charge on any atom is -0.380 e. The largest absolute Gasteiger partial charge is 0.380 e. The van der Waals surface area contributed by atoms with Gasteiger partial charge in [-0.05, 0) is 37.5 Å². The van der Waals surface area contributed by atoms with E-state index in [1.54, 1.807) is 0 Å². The van der Waals surface area contributed by atoms with Gasteiger partial charge in [0.2, 0.25) is 0 Å². The van der Waals surface area contributed by atoms with Gasteiger partial charge in [0.1, 0.15) is 6.07 Å². The van der Waals surface area contributed by atoms with Gasteiger partial charge in [-0.2, -0.15) is 5.26 Å². The molecule has 0 spiro atoms. The van der Waals surface area contributed by atoms with Gasteiger partial charge in [0.25, 0.3) is 0 Å². The van der Waals surface area contributed by atoms with E-state index in [9.17, 15) is 0 Å². The molecule has 90 valence electrons. The fourth-order valence-electron chi connectivity index (χ4n) is 2.41. The van der Waals surface area contributed by atoms with Crippen molar-refractivity contribution in [2.24, 2.45) is 5.73 Å². The van der Waals surface area contributed by atoms with Crippen molar-refractivity contribution in [1.29, 1.82) is 5.26 Å². The van der Waals surface area contributed by atoms with Crippen LogP contribution in [0, 0.1) is 18.3 Å². The smallest absolute Gasteiger partial charge is 0.101 e. The van der Waals surface area contributed by atoms with Gasteiger partial charge in [-0.15, -0.1) is 0 Å². The van der Waals surface area contributed by atoms with Gasteiger partial charge in [0, 0.05) is 12.1 Å². The Balaban J connectivity index is 2.17. The van der Waals surface area contributed by atoms with Gasteiger partial charge >= 0.3 is 0 Å². The van der Waals surface area contributed by atoms with E-state index in [1.165, 1.54) is 12.8 Å². The SMILES string of the molecule is Cc1ccc(C#N)c(N[C@@H]2CCCC[C@H]2N)c1. The molecule has 1 aliphatic carbocycles. The van der Waals surface area contributed by atoms with Crippen molar-refractivity contribution in [2.75, 3.05) is 5.32 Å². The Bertz CT molecular complexity index is 434. The van der Waals surface area contributed by atoms with Crippen LogP contribution in [0.5, 0.6) is 0 Å². The molecule has 1 aliphatic rings. The Morgan fingerprint density at radius 3 is 2.82 bits per heavy atom. The van der Waals surface area contributed by atoms with Crippen LogP contribution in [0.1, 0.15) is 36.8 Å². The van der Waals surface area contributed by atoms with Gasteiger partial charge in [-0.3, -0.25) is 0 Å². The Kier molecular flexibility index (Phi) is 3.65. The Morgan fingerprint density at radius 2 is 2.12 bits per heavy atom. The lowest BCUT2D eigenvalue weighted by molar-refractivity contribution is 0.404. The van der Waals surface area contributed by atoms with Gasteiger partial charge in [-0.25, -0.2) is 0 Å². The first-order chi connectivity index (χ1) is 8.20. The molecule has 1 fully saturated rings. The van der Waals surface area contributed by atoms with E-state index in [0.29, 0.717) is 11.6 Å². The molecule has 2 atom stereocenters. The molecular formula is C14H19N3. The highest BCUT2D eigenvalue weighted by Crippen LogP contribution is 2.23. The number of hydrogen-bond donors (Lipinski definition) is 2. The Labute approximate surface area is 103 Å². The molecule has 0 aromatic heterocycles. The molecule has 1 aromatic rings. The maximum absolute atomic E-state index is 9.08. The lowest BCUT2D eigenvalue weighted by Gasteiger charge is -2.30. The number of hydrogen-bond acceptors (Lipinski definition) is 3. The zero-order chi connectivity index (χ0) is 12.3. The number of aryl methyl sites for hydroxylation is 1. The zero-order valence-electron chi connectivity index (χ0n) is 10.2. The fraction of sp³-hybridized carbons (Fsp3) is 0.500. The Hall–Kier alpha value is -1.53. The number of nitrogens with zero attached hydrogens (tertiary/aromatic N) is 1. The van der Waals surface area contributed by atoms with Crippen LogP contribution >= 0.6 is 0 Å². The van der Waals surface area contributed by atoms with E-state index in [-0.39, 0.29) is 6.04 Å². The molecule has 17 heavy (non-hydrogen) atoms. The zero-order valence-corrected chi connectivity index (χ0v) is 10.2. The first kappa shape index (κ1) is 11.9. The molecule has 2 rings (SSSR count). The summed E-state index contributed by atoms with van der Waals surface area (Å²) >= 11 is 0. The number of benzene rings is 1. The second-order valence-electron chi connectivity index (χ2n) is 4.86. The summed E-state index contributed by atoms with van der Waals surface area (Å²) in [6.45, 7) is 2.03. The molecule has 1 aromatic carbocycles. The lowest BCUT2D eigenvalue weighted by atomic mass is 9.90. The summed E-state index contributed by atoms with van der Waals surface area (Å²) in [4.78, 5) is 0. The topological polar surface area (TPSA) is 61.8 Å². The number of nitrogens with two attached hydrogens (primary N) is 1. The quantitative estimate of drug-likeness (QED) is 0.819. The van der Waals surface area contributed by atoms with Crippen molar-refractivity contribution >= 4 is 5.69 Å². The predicted molar refractivity (Wildman–Crippen MR) is 69.7 cm³/mol. The van der Waals surface area contributed by atoms with E-state index in [0.717, 1.165) is 24.1 Å². The highest BCUT2D eigenvalue weighted by atomic mass is 15.0. The molecule has 0 heterocycles. The van der Waals surface area contributed by atoms with E-state index >= 15 is 0 Å². The molecule has 3 nitrogen and oxygen atoms in total. The first-order valence-electron chi connectivity index (χ1n) is 6.23. The van der Waals surface area contributed by atoms with Gasteiger partial charge in [0.15, 0.2) is 0 Å². The summed E-state index contributed by atoms with van der Waals surface area (Å²) in [7, 11) is 0. The first-order valence-corrected chi connectivity index (χ1v) is 6.23. The van der Waals surface area contributed by atoms with Crippen LogP contribution in [-0.2, 0) is 0 Å². The lowest BCUT2D eigenvalue weighted by Crippen LogP contribution is -2.42. The second-order valence-corrected chi connectivity index (χ2v) is 4.86. The third kappa shape index (κ3) is 2.78. The second kappa shape index (κ2) is 5.20. The number of anilines is 1. The third-order valence-electron chi connectivity index (χ3n) is 3.46. The molecule has 0 amide bonds. The van der Waals surface area contributed by atoms with Crippen LogP contribution in [0.4, 0.5) is 5.69 Å². The monoisotopic (exact) mass is 229 g/mol. The molecule has 0 bridgehead atoms. The maximum atomic E-state index is 9.08. The van der Waals surface area contributed by atoms with Crippen molar-refractivity contribution in [2.45, 2.75) is 44.7 Å². The van der Waals surface area contributed by atoms with Crippen molar-refractivity contribution in [3.8, 4) is 6.07 Å². The van der Waals surface area contributed by atoms with Crippen LogP contribution in [0.25, 0.3) is 0 Å². The summed E-state index contributed by atoms with van der Waals surface area (Å²) in [5.41, 5.74) is 8.90. The molecule has 1 saturated carbocycles.